The number of carbonyl (C=O) groups excluding carboxylic acids is 1. The molecule has 0 radical (unpaired) electrons. The zero-order valence-corrected chi connectivity index (χ0v) is 17.2. The van der Waals surface area contributed by atoms with Crippen molar-refractivity contribution in [3.05, 3.63) is 89.7 Å². The zero-order chi connectivity index (χ0) is 21.2. The fourth-order valence-electron chi connectivity index (χ4n) is 3.88. The molecule has 5 rings (SSSR count). The molecule has 1 aliphatic rings. The fraction of sp³-hybridized carbons (Fsp3) is 0.160. The van der Waals surface area contributed by atoms with Crippen molar-refractivity contribution in [3.8, 4) is 5.75 Å². The molecule has 0 unspecified atom stereocenters. The molecule has 0 atom stereocenters. The van der Waals surface area contributed by atoms with E-state index in [9.17, 15) is 4.79 Å². The van der Waals surface area contributed by atoms with Crippen molar-refractivity contribution >= 4 is 28.3 Å². The Balaban J connectivity index is 1.35. The van der Waals surface area contributed by atoms with E-state index >= 15 is 0 Å². The second-order valence-corrected chi connectivity index (χ2v) is 7.48. The maximum atomic E-state index is 12.5. The Morgan fingerprint density at radius 3 is 2.74 bits per heavy atom. The van der Waals surface area contributed by atoms with Gasteiger partial charge in [-0.3, -0.25) is 9.78 Å². The Bertz CT molecular complexity index is 1240. The summed E-state index contributed by atoms with van der Waals surface area (Å²) >= 11 is 0. The van der Waals surface area contributed by atoms with Crippen molar-refractivity contribution in [1.82, 2.24) is 15.3 Å². The van der Waals surface area contributed by atoms with Gasteiger partial charge in [0.2, 0.25) is 0 Å². The van der Waals surface area contributed by atoms with Gasteiger partial charge in [0.15, 0.2) is 0 Å². The highest BCUT2D eigenvalue weighted by atomic mass is 16.5. The molecule has 2 aromatic carbocycles. The van der Waals surface area contributed by atoms with Gasteiger partial charge in [0, 0.05) is 35.4 Å². The summed E-state index contributed by atoms with van der Waals surface area (Å²) in [6, 6.07) is 21.5. The minimum atomic E-state index is -0.116. The number of hydrogen-bond donors (Lipinski definition) is 1. The predicted molar refractivity (Wildman–Crippen MR) is 121 cm³/mol. The Morgan fingerprint density at radius 2 is 1.97 bits per heavy atom. The zero-order valence-electron chi connectivity index (χ0n) is 17.2. The summed E-state index contributed by atoms with van der Waals surface area (Å²) in [6.45, 7) is 1.27. The third kappa shape index (κ3) is 3.80. The lowest BCUT2D eigenvalue weighted by atomic mass is 10.1. The highest BCUT2D eigenvalue weighted by Gasteiger charge is 2.23. The number of aromatic nitrogens is 2. The van der Waals surface area contributed by atoms with Crippen LogP contribution in [0, 0.1) is 0 Å². The first-order valence-electron chi connectivity index (χ1n) is 10.2. The number of hydrogen-bond acceptors (Lipinski definition) is 5. The molecule has 2 aromatic heterocycles. The summed E-state index contributed by atoms with van der Waals surface area (Å²) < 4.78 is 5.34. The summed E-state index contributed by atoms with van der Waals surface area (Å²) in [6.07, 6.45) is 2.66. The number of amides is 1. The number of nitrogens with zero attached hydrogens (tertiary/aromatic N) is 3. The van der Waals surface area contributed by atoms with Crippen LogP contribution in [0.1, 0.15) is 21.6 Å². The molecule has 1 amide bonds. The van der Waals surface area contributed by atoms with Gasteiger partial charge in [-0.05, 0) is 66.6 Å². The van der Waals surface area contributed by atoms with E-state index in [-0.39, 0.29) is 5.91 Å². The summed E-state index contributed by atoms with van der Waals surface area (Å²) in [5.41, 5.74) is 4.62. The average molecular weight is 410 g/mol. The van der Waals surface area contributed by atoms with Gasteiger partial charge in [-0.15, -0.1) is 0 Å². The van der Waals surface area contributed by atoms with Gasteiger partial charge < -0.3 is 15.0 Å². The summed E-state index contributed by atoms with van der Waals surface area (Å²) in [5, 5.41) is 4.02. The Hall–Kier alpha value is -3.93. The highest BCUT2D eigenvalue weighted by Crippen LogP contribution is 2.35. The number of pyridine rings is 2. The van der Waals surface area contributed by atoms with E-state index in [1.165, 1.54) is 5.56 Å². The molecule has 6 nitrogen and oxygen atoms in total. The molecule has 1 aliphatic heterocycles. The first-order valence-corrected chi connectivity index (χ1v) is 10.2. The molecule has 0 bridgehead atoms. The molecule has 0 saturated heterocycles. The van der Waals surface area contributed by atoms with E-state index < -0.39 is 0 Å². The van der Waals surface area contributed by atoms with Gasteiger partial charge >= 0.3 is 0 Å². The van der Waals surface area contributed by atoms with Crippen LogP contribution < -0.4 is 15.0 Å². The maximum Gasteiger partial charge on any atom is 0.251 e. The molecule has 0 saturated carbocycles. The Labute approximate surface area is 180 Å². The molecule has 1 N–H and O–H groups in total. The number of anilines is 2. The number of rotatable bonds is 5. The van der Waals surface area contributed by atoms with Crippen LogP contribution >= 0.6 is 0 Å². The fourth-order valence-corrected chi connectivity index (χ4v) is 3.88. The number of methoxy groups -OCH3 is 1. The molecule has 154 valence electrons. The van der Waals surface area contributed by atoms with Crippen LogP contribution in [-0.4, -0.2) is 29.5 Å². The molecule has 4 aromatic rings. The van der Waals surface area contributed by atoms with Crippen molar-refractivity contribution in [2.45, 2.75) is 13.0 Å². The average Bonchev–Trinajstić information content (AvgIpc) is 3.24. The van der Waals surface area contributed by atoms with Gasteiger partial charge in [0.05, 0.1) is 24.9 Å². The number of fused-ring (bicyclic) bond motifs is 2. The second kappa shape index (κ2) is 8.07. The molecular weight excluding hydrogens is 388 g/mol. The quantitative estimate of drug-likeness (QED) is 0.532. The Morgan fingerprint density at radius 1 is 1.10 bits per heavy atom. The third-order valence-electron chi connectivity index (χ3n) is 5.54. The molecule has 3 heterocycles. The smallest absolute Gasteiger partial charge is 0.251 e. The summed E-state index contributed by atoms with van der Waals surface area (Å²) in [5.74, 6) is 1.65. The Kier molecular flexibility index (Phi) is 4.96. The van der Waals surface area contributed by atoms with Gasteiger partial charge in [0.25, 0.3) is 5.91 Å². The number of nitrogens with one attached hydrogen (secondary N) is 1. The van der Waals surface area contributed by atoms with Gasteiger partial charge in [-0.1, -0.05) is 6.07 Å². The van der Waals surface area contributed by atoms with Crippen LogP contribution in [0.15, 0.2) is 72.9 Å². The number of benzene rings is 2. The molecular formula is C25H22N4O2. The summed E-state index contributed by atoms with van der Waals surface area (Å²) in [7, 11) is 1.66. The van der Waals surface area contributed by atoms with Gasteiger partial charge in [-0.2, -0.15) is 0 Å². The van der Waals surface area contributed by atoms with E-state index in [2.05, 4.69) is 21.3 Å². The molecule has 0 aliphatic carbocycles. The SMILES string of the molecule is COc1ccc2cc3c(nc2c1)N(c1ccc(C(=O)NCc2ccccn2)cc1)CC3. The van der Waals surface area contributed by atoms with Gasteiger partial charge in [-0.25, -0.2) is 4.98 Å². The van der Waals surface area contributed by atoms with Crippen molar-refractivity contribution in [1.29, 1.82) is 0 Å². The third-order valence-corrected chi connectivity index (χ3v) is 5.54. The largest absolute Gasteiger partial charge is 0.497 e. The van der Waals surface area contributed by atoms with Crippen LogP contribution in [0.4, 0.5) is 11.5 Å². The van der Waals surface area contributed by atoms with Crippen LogP contribution in [0.5, 0.6) is 5.75 Å². The van der Waals surface area contributed by atoms with Crippen molar-refractivity contribution in [2.75, 3.05) is 18.6 Å². The second-order valence-electron chi connectivity index (χ2n) is 7.48. The van der Waals surface area contributed by atoms with Crippen LogP contribution in [0.3, 0.4) is 0 Å². The van der Waals surface area contributed by atoms with E-state index in [0.717, 1.165) is 46.8 Å². The number of carbonyl (C=O) groups is 1. The normalized spacial score (nSPS) is 12.6. The van der Waals surface area contributed by atoms with E-state index in [4.69, 9.17) is 9.72 Å². The van der Waals surface area contributed by atoms with Crippen molar-refractivity contribution < 1.29 is 9.53 Å². The van der Waals surface area contributed by atoms with Crippen LogP contribution in [0.25, 0.3) is 10.9 Å². The lowest BCUT2D eigenvalue weighted by Gasteiger charge is -2.19. The molecule has 31 heavy (non-hydrogen) atoms. The molecule has 0 fully saturated rings. The minimum Gasteiger partial charge on any atom is -0.497 e. The first-order chi connectivity index (χ1) is 15.2. The topological polar surface area (TPSA) is 67.3 Å². The molecule has 6 heteroatoms. The highest BCUT2D eigenvalue weighted by molar-refractivity contribution is 5.94. The van der Waals surface area contributed by atoms with Crippen molar-refractivity contribution in [3.63, 3.8) is 0 Å². The van der Waals surface area contributed by atoms with E-state index in [0.29, 0.717) is 12.1 Å². The van der Waals surface area contributed by atoms with Crippen molar-refractivity contribution in [2.24, 2.45) is 0 Å². The summed E-state index contributed by atoms with van der Waals surface area (Å²) in [4.78, 5) is 23.8. The standard InChI is InChI=1S/C25H22N4O2/c1-31-22-10-7-18-14-19-11-13-29(24(19)28-23(18)15-22)21-8-5-17(6-9-21)25(30)27-16-20-4-2-3-12-26-20/h2-10,12,14-15H,11,13,16H2,1H3,(H,27,30). The lowest BCUT2D eigenvalue weighted by Crippen LogP contribution is -2.23. The molecule has 0 spiro atoms. The van der Waals surface area contributed by atoms with Gasteiger partial charge in [0.1, 0.15) is 11.6 Å². The van der Waals surface area contributed by atoms with E-state index in [1.807, 2.05) is 60.7 Å². The monoisotopic (exact) mass is 410 g/mol. The number of ether oxygens (including phenoxy) is 1. The predicted octanol–water partition coefficient (Wildman–Crippen LogP) is 4.26. The van der Waals surface area contributed by atoms with Crippen LogP contribution in [-0.2, 0) is 13.0 Å². The minimum absolute atomic E-state index is 0.116. The van der Waals surface area contributed by atoms with Crippen LogP contribution in [0.2, 0.25) is 0 Å². The van der Waals surface area contributed by atoms with E-state index in [1.54, 1.807) is 13.3 Å². The lowest BCUT2D eigenvalue weighted by molar-refractivity contribution is 0.0950. The maximum absolute atomic E-state index is 12.5. The first kappa shape index (κ1) is 19.1.